The highest BCUT2D eigenvalue weighted by atomic mass is 19.4. The zero-order valence-corrected chi connectivity index (χ0v) is 11.5. The molecule has 1 aliphatic rings. The number of rotatable bonds is 4. The molecule has 1 aliphatic carbocycles. The number of aromatic nitrogens is 1. The summed E-state index contributed by atoms with van der Waals surface area (Å²) >= 11 is 0. The average molecular weight is 303 g/mol. The molecule has 1 aromatic rings. The smallest absolute Gasteiger partial charge is 0.379 e. The van der Waals surface area contributed by atoms with Gasteiger partial charge in [-0.1, -0.05) is 19.8 Å². The van der Waals surface area contributed by atoms with Crippen LogP contribution in [0.3, 0.4) is 0 Å². The minimum atomic E-state index is -4.62. The molecule has 5 nitrogen and oxygen atoms in total. The van der Waals surface area contributed by atoms with Crippen molar-refractivity contribution in [1.29, 1.82) is 0 Å². The topological polar surface area (TPSA) is 68.1 Å². The second-order valence-electron chi connectivity index (χ2n) is 5.71. The molecule has 116 valence electrons. The third kappa shape index (κ3) is 3.62. The second-order valence-corrected chi connectivity index (χ2v) is 5.71. The van der Waals surface area contributed by atoms with Crippen LogP contribution in [0.4, 0.5) is 24.5 Å². The predicted molar refractivity (Wildman–Crippen MR) is 71.0 cm³/mol. The van der Waals surface area contributed by atoms with E-state index in [4.69, 9.17) is 0 Å². The molecule has 1 N–H and O–H groups in total. The van der Waals surface area contributed by atoms with E-state index in [1.54, 1.807) is 0 Å². The first-order valence-electron chi connectivity index (χ1n) is 6.67. The first kappa shape index (κ1) is 15.5. The fraction of sp³-hybridized carbons (Fsp3) is 0.615. The van der Waals surface area contributed by atoms with Gasteiger partial charge < -0.3 is 5.32 Å². The number of nitro groups is 1. The van der Waals surface area contributed by atoms with Gasteiger partial charge in [0, 0.05) is 6.54 Å². The number of pyridine rings is 1. The fourth-order valence-electron chi connectivity index (χ4n) is 2.60. The Labute approximate surface area is 119 Å². The van der Waals surface area contributed by atoms with Crippen LogP contribution in [0.1, 0.15) is 38.3 Å². The number of alkyl halides is 3. The lowest BCUT2D eigenvalue weighted by atomic mass is 9.89. The van der Waals surface area contributed by atoms with Crippen molar-refractivity contribution in [3.63, 3.8) is 0 Å². The molecular weight excluding hydrogens is 287 g/mol. The highest BCUT2D eigenvalue weighted by molar-refractivity contribution is 5.61. The lowest BCUT2D eigenvalue weighted by Crippen LogP contribution is -2.23. The molecule has 0 saturated heterocycles. The summed E-state index contributed by atoms with van der Waals surface area (Å²) in [4.78, 5) is 13.3. The maximum Gasteiger partial charge on any atom is 0.433 e. The highest BCUT2D eigenvalue weighted by Crippen LogP contribution is 2.39. The van der Waals surface area contributed by atoms with Gasteiger partial charge in [-0.05, 0) is 24.3 Å². The Kier molecular flexibility index (Phi) is 4.06. The van der Waals surface area contributed by atoms with Gasteiger partial charge in [-0.15, -0.1) is 0 Å². The lowest BCUT2D eigenvalue weighted by molar-refractivity contribution is -0.384. The summed E-state index contributed by atoms with van der Waals surface area (Å²) < 4.78 is 38.0. The van der Waals surface area contributed by atoms with Gasteiger partial charge in [0.15, 0.2) is 0 Å². The minimum absolute atomic E-state index is 0.0322. The largest absolute Gasteiger partial charge is 0.433 e. The molecule has 0 amide bonds. The van der Waals surface area contributed by atoms with Crippen molar-refractivity contribution in [3.8, 4) is 0 Å². The predicted octanol–water partition coefficient (Wildman–Crippen LogP) is 4.00. The summed E-state index contributed by atoms with van der Waals surface area (Å²) in [7, 11) is 0. The summed E-state index contributed by atoms with van der Waals surface area (Å²) in [6, 6.07) is 0.705. The summed E-state index contributed by atoms with van der Waals surface area (Å²) in [5.41, 5.74) is -1.73. The van der Waals surface area contributed by atoms with Crippen LogP contribution >= 0.6 is 0 Å². The molecule has 0 spiro atoms. The van der Waals surface area contributed by atoms with E-state index in [0.29, 0.717) is 18.8 Å². The average Bonchev–Trinajstić information content (AvgIpc) is 2.82. The third-order valence-electron chi connectivity index (χ3n) is 3.89. The van der Waals surface area contributed by atoms with Crippen LogP contribution in [-0.2, 0) is 6.18 Å². The van der Waals surface area contributed by atoms with E-state index in [1.165, 1.54) is 0 Å². The number of hydrogen-bond acceptors (Lipinski definition) is 4. The number of halogens is 3. The van der Waals surface area contributed by atoms with E-state index < -0.39 is 22.5 Å². The van der Waals surface area contributed by atoms with E-state index in [-0.39, 0.29) is 11.1 Å². The summed E-state index contributed by atoms with van der Waals surface area (Å²) in [6.45, 7) is 2.44. The molecule has 0 aromatic carbocycles. The zero-order valence-electron chi connectivity index (χ0n) is 11.5. The summed E-state index contributed by atoms with van der Waals surface area (Å²) in [5.74, 6) is 0. The third-order valence-corrected chi connectivity index (χ3v) is 3.89. The lowest BCUT2D eigenvalue weighted by Gasteiger charge is -2.24. The maximum atomic E-state index is 12.7. The molecule has 8 heteroatoms. The Balaban J connectivity index is 2.24. The monoisotopic (exact) mass is 303 g/mol. The van der Waals surface area contributed by atoms with Gasteiger partial charge in [0.25, 0.3) is 0 Å². The molecule has 0 atom stereocenters. The SMILES string of the molecule is CC1(CNc2cc(C(F)(F)F)ncc2[N+](=O)[O-])CCCC1. The van der Waals surface area contributed by atoms with E-state index in [0.717, 1.165) is 25.7 Å². The Morgan fingerprint density at radius 2 is 2.05 bits per heavy atom. The Hall–Kier alpha value is -1.86. The fourth-order valence-corrected chi connectivity index (χ4v) is 2.60. The summed E-state index contributed by atoms with van der Waals surface area (Å²) in [6.07, 6.45) is 0.107. The van der Waals surface area contributed by atoms with Gasteiger partial charge in [0.2, 0.25) is 0 Å². The normalized spacial score (nSPS) is 17.7. The molecule has 2 rings (SSSR count). The van der Waals surface area contributed by atoms with Crippen molar-refractivity contribution in [2.24, 2.45) is 5.41 Å². The van der Waals surface area contributed by atoms with Gasteiger partial charge in [0.05, 0.1) is 4.92 Å². The van der Waals surface area contributed by atoms with Crippen LogP contribution in [0, 0.1) is 15.5 Å². The van der Waals surface area contributed by atoms with E-state index in [9.17, 15) is 23.3 Å². The van der Waals surface area contributed by atoms with Crippen LogP contribution in [-0.4, -0.2) is 16.5 Å². The first-order valence-corrected chi connectivity index (χ1v) is 6.67. The van der Waals surface area contributed by atoms with Crippen LogP contribution in [0.25, 0.3) is 0 Å². The quantitative estimate of drug-likeness (QED) is 0.674. The second kappa shape index (κ2) is 5.50. The molecular formula is C13H16F3N3O2. The van der Waals surface area contributed by atoms with Gasteiger partial charge >= 0.3 is 11.9 Å². The van der Waals surface area contributed by atoms with Gasteiger partial charge in [-0.25, -0.2) is 4.98 Å². The number of anilines is 1. The molecule has 21 heavy (non-hydrogen) atoms. The van der Waals surface area contributed by atoms with Crippen molar-refractivity contribution in [2.45, 2.75) is 38.8 Å². The Morgan fingerprint density at radius 1 is 1.43 bits per heavy atom. The number of nitrogens with zero attached hydrogens (tertiary/aromatic N) is 2. The van der Waals surface area contributed by atoms with Crippen LogP contribution in [0.2, 0.25) is 0 Å². The molecule has 1 heterocycles. The van der Waals surface area contributed by atoms with E-state index in [2.05, 4.69) is 10.3 Å². The number of hydrogen-bond donors (Lipinski definition) is 1. The van der Waals surface area contributed by atoms with Crippen LogP contribution in [0.5, 0.6) is 0 Å². The van der Waals surface area contributed by atoms with Crippen LogP contribution < -0.4 is 5.32 Å². The maximum absolute atomic E-state index is 12.7. The first-order chi connectivity index (χ1) is 9.71. The highest BCUT2D eigenvalue weighted by Gasteiger charge is 2.35. The van der Waals surface area contributed by atoms with Gasteiger partial charge in [-0.2, -0.15) is 13.2 Å². The van der Waals surface area contributed by atoms with Crippen molar-refractivity contribution >= 4 is 11.4 Å². The molecule has 0 aliphatic heterocycles. The van der Waals surface area contributed by atoms with E-state index >= 15 is 0 Å². The molecule has 0 unspecified atom stereocenters. The summed E-state index contributed by atoms with van der Waals surface area (Å²) in [5, 5.41) is 13.7. The molecule has 1 fully saturated rings. The van der Waals surface area contributed by atoms with Gasteiger partial charge in [0.1, 0.15) is 17.6 Å². The van der Waals surface area contributed by atoms with Gasteiger partial charge in [-0.3, -0.25) is 10.1 Å². The molecule has 0 radical (unpaired) electrons. The zero-order chi connectivity index (χ0) is 15.7. The Morgan fingerprint density at radius 3 is 2.57 bits per heavy atom. The Bertz CT molecular complexity index is 540. The molecule has 0 bridgehead atoms. The van der Waals surface area contributed by atoms with Crippen molar-refractivity contribution in [1.82, 2.24) is 4.98 Å². The number of nitrogens with one attached hydrogen (secondary N) is 1. The van der Waals surface area contributed by atoms with E-state index in [1.807, 2.05) is 6.92 Å². The van der Waals surface area contributed by atoms with Crippen molar-refractivity contribution < 1.29 is 18.1 Å². The van der Waals surface area contributed by atoms with Crippen LogP contribution in [0.15, 0.2) is 12.3 Å². The van der Waals surface area contributed by atoms with Crippen molar-refractivity contribution in [3.05, 3.63) is 28.1 Å². The standard InChI is InChI=1S/C13H16F3N3O2/c1-12(4-2-3-5-12)8-18-9-6-11(13(14,15)16)17-7-10(9)19(20)21/h6-7H,2-5,8H2,1H3,(H,17,18). The molecule has 1 saturated carbocycles. The minimum Gasteiger partial charge on any atom is -0.379 e. The van der Waals surface area contributed by atoms with Crippen molar-refractivity contribution in [2.75, 3.05) is 11.9 Å². The molecule has 1 aromatic heterocycles.